The molecule has 1 aliphatic rings. The van der Waals surface area contributed by atoms with Gasteiger partial charge in [0.25, 0.3) is 0 Å². The lowest BCUT2D eigenvalue weighted by molar-refractivity contribution is 0.178. The van der Waals surface area contributed by atoms with Crippen LogP contribution in [0.25, 0.3) is 0 Å². The van der Waals surface area contributed by atoms with E-state index >= 15 is 0 Å². The quantitative estimate of drug-likeness (QED) is 0.733. The molecule has 1 saturated carbocycles. The molecule has 0 unspecified atom stereocenters. The van der Waals surface area contributed by atoms with E-state index in [1.165, 1.54) is 12.8 Å². The highest BCUT2D eigenvalue weighted by molar-refractivity contribution is 5.44. The van der Waals surface area contributed by atoms with Crippen LogP contribution in [0.1, 0.15) is 25.6 Å². The van der Waals surface area contributed by atoms with Gasteiger partial charge in [-0.15, -0.1) is 0 Å². The van der Waals surface area contributed by atoms with Gasteiger partial charge in [-0.2, -0.15) is 0 Å². The molecule has 19 heavy (non-hydrogen) atoms. The number of ether oxygens (including phenoxy) is 1. The number of likely N-dealkylation sites (N-methyl/N-ethyl adjacent to an activating group) is 1. The molecule has 1 heterocycles. The van der Waals surface area contributed by atoms with Crippen LogP contribution in [0, 0.1) is 0 Å². The molecule has 0 radical (unpaired) electrons. The van der Waals surface area contributed by atoms with Crippen molar-refractivity contribution in [2.45, 2.75) is 32.4 Å². The number of nitrogens with two attached hydrogens (primary N) is 1. The third-order valence-corrected chi connectivity index (χ3v) is 3.24. The van der Waals surface area contributed by atoms with Crippen molar-refractivity contribution in [2.24, 2.45) is 0 Å². The Bertz CT molecular complexity index is 408. The number of nitrogens with zero attached hydrogens (tertiary/aromatic N) is 3. The topological polar surface area (TPSA) is 76.3 Å². The van der Waals surface area contributed by atoms with E-state index in [-0.39, 0.29) is 0 Å². The highest BCUT2D eigenvalue weighted by Gasteiger charge is 2.27. The molecule has 0 bridgehead atoms. The zero-order chi connectivity index (χ0) is 13.7. The fraction of sp³-hybridized carbons (Fsp3) is 0.692. The van der Waals surface area contributed by atoms with E-state index in [1.54, 1.807) is 13.2 Å². The zero-order valence-electron chi connectivity index (χ0n) is 11.7. The summed E-state index contributed by atoms with van der Waals surface area (Å²) in [6, 6.07) is 2.55. The number of methoxy groups -OCH3 is 1. The van der Waals surface area contributed by atoms with Crippen molar-refractivity contribution >= 4 is 11.6 Å². The summed E-state index contributed by atoms with van der Waals surface area (Å²) < 4.78 is 5.02. The molecule has 1 aliphatic carbocycles. The second-order valence-electron chi connectivity index (χ2n) is 4.81. The van der Waals surface area contributed by atoms with Crippen molar-refractivity contribution < 1.29 is 4.74 Å². The van der Waals surface area contributed by atoms with Crippen molar-refractivity contribution in [3.63, 3.8) is 0 Å². The predicted molar refractivity (Wildman–Crippen MR) is 75.9 cm³/mol. The van der Waals surface area contributed by atoms with E-state index in [0.29, 0.717) is 18.2 Å². The Morgan fingerprint density at radius 1 is 1.47 bits per heavy atom. The minimum Gasteiger partial charge on any atom is -0.384 e. The Morgan fingerprint density at radius 2 is 2.26 bits per heavy atom. The van der Waals surface area contributed by atoms with Crippen molar-refractivity contribution in [3.8, 4) is 0 Å². The minimum absolute atomic E-state index is 0.378. The van der Waals surface area contributed by atoms with Gasteiger partial charge >= 0.3 is 0 Å². The maximum absolute atomic E-state index is 5.75. The van der Waals surface area contributed by atoms with E-state index in [1.807, 2.05) is 0 Å². The van der Waals surface area contributed by atoms with Gasteiger partial charge in [-0.3, -0.25) is 4.90 Å². The molecule has 0 amide bonds. The van der Waals surface area contributed by atoms with Gasteiger partial charge < -0.3 is 15.8 Å². The first-order valence-electron chi connectivity index (χ1n) is 6.83. The first-order chi connectivity index (χ1) is 9.22. The van der Waals surface area contributed by atoms with Crippen LogP contribution in [-0.4, -0.2) is 47.7 Å². The molecule has 106 valence electrons. The van der Waals surface area contributed by atoms with E-state index in [9.17, 15) is 0 Å². The molecular weight excluding hydrogens is 242 g/mol. The summed E-state index contributed by atoms with van der Waals surface area (Å²) in [5, 5.41) is 3.30. The first-order valence-corrected chi connectivity index (χ1v) is 6.83. The van der Waals surface area contributed by atoms with E-state index < -0.39 is 0 Å². The zero-order valence-corrected chi connectivity index (χ0v) is 11.7. The SMILES string of the molecule is CCN(CCNc1cc(N)nc(COC)n1)C1CC1. The summed E-state index contributed by atoms with van der Waals surface area (Å²) in [4.78, 5) is 11.0. The summed E-state index contributed by atoms with van der Waals surface area (Å²) in [5.41, 5.74) is 5.75. The average molecular weight is 265 g/mol. The van der Waals surface area contributed by atoms with Gasteiger partial charge in [0, 0.05) is 32.3 Å². The van der Waals surface area contributed by atoms with Crippen molar-refractivity contribution in [1.82, 2.24) is 14.9 Å². The number of nitrogen functional groups attached to an aromatic ring is 1. The highest BCUT2D eigenvalue weighted by atomic mass is 16.5. The molecule has 1 aromatic heterocycles. The van der Waals surface area contributed by atoms with E-state index in [2.05, 4.69) is 27.1 Å². The largest absolute Gasteiger partial charge is 0.384 e. The van der Waals surface area contributed by atoms with Gasteiger partial charge in [0.1, 0.15) is 18.2 Å². The minimum atomic E-state index is 0.378. The molecule has 0 aliphatic heterocycles. The lowest BCUT2D eigenvalue weighted by Gasteiger charge is -2.20. The van der Waals surface area contributed by atoms with Gasteiger partial charge in [0.15, 0.2) is 5.82 Å². The Hall–Kier alpha value is -1.40. The van der Waals surface area contributed by atoms with Crippen LogP contribution in [0.3, 0.4) is 0 Å². The molecule has 0 atom stereocenters. The second kappa shape index (κ2) is 6.68. The number of hydrogen-bond donors (Lipinski definition) is 2. The van der Waals surface area contributed by atoms with Crippen LogP contribution in [0.5, 0.6) is 0 Å². The smallest absolute Gasteiger partial charge is 0.158 e. The standard InChI is InChI=1S/C13H23N5O/c1-3-18(10-4-5-10)7-6-15-12-8-11(14)16-13(17-12)9-19-2/h8,10H,3-7,9H2,1-2H3,(H3,14,15,16,17). The first kappa shape index (κ1) is 14.0. The molecule has 3 N–H and O–H groups in total. The molecule has 1 aromatic rings. The molecule has 6 nitrogen and oxygen atoms in total. The predicted octanol–water partition coefficient (Wildman–Crippen LogP) is 1.10. The molecule has 0 spiro atoms. The Balaban J connectivity index is 1.84. The molecule has 2 rings (SSSR count). The average Bonchev–Trinajstić information content (AvgIpc) is 3.19. The Morgan fingerprint density at radius 3 is 2.89 bits per heavy atom. The summed E-state index contributed by atoms with van der Waals surface area (Å²) in [6.45, 7) is 5.59. The third-order valence-electron chi connectivity index (χ3n) is 3.24. The molecular formula is C13H23N5O. The normalized spacial score (nSPS) is 14.9. The fourth-order valence-electron chi connectivity index (χ4n) is 2.17. The fourth-order valence-corrected chi connectivity index (χ4v) is 2.17. The van der Waals surface area contributed by atoms with Crippen LogP contribution in [0.2, 0.25) is 0 Å². The maximum Gasteiger partial charge on any atom is 0.158 e. The number of anilines is 2. The molecule has 1 fully saturated rings. The summed E-state index contributed by atoms with van der Waals surface area (Å²) in [7, 11) is 1.62. The lowest BCUT2D eigenvalue weighted by Crippen LogP contribution is -2.31. The Labute approximate surface area is 114 Å². The number of rotatable bonds is 8. The molecule has 0 saturated heterocycles. The van der Waals surface area contributed by atoms with E-state index in [0.717, 1.165) is 31.5 Å². The number of nitrogens with one attached hydrogen (secondary N) is 1. The van der Waals surface area contributed by atoms with Gasteiger partial charge in [-0.1, -0.05) is 6.92 Å². The van der Waals surface area contributed by atoms with Crippen molar-refractivity contribution in [3.05, 3.63) is 11.9 Å². The van der Waals surface area contributed by atoms with Crippen molar-refractivity contribution in [1.29, 1.82) is 0 Å². The van der Waals surface area contributed by atoms with Crippen LogP contribution in [0.15, 0.2) is 6.07 Å². The lowest BCUT2D eigenvalue weighted by atomic mass is 10.4. The summed E-state index contributed by atoms with van der Waals surface area (Å²) in [5.74, 6) is 1.85. The van der Waals surface area contributed by atoms with Crippen LogP contribution >= 0.6 is 0 Å². The number of aromatic nitrogens is 2. The third kappa shape index (κ3) is 4.33. The summed E-state index contributed by atoms with van der Waals surface area (Å²) in [6.07, 6.45) is 2.68. The Kier molecular flexibility index (Phi) is 4.93. The van der Waals surface area contributed by atoms with Gasteiger partial charge in [0.05, 0.1) is 0 Å². The van der Waals surface area contributed by atoms with Crippen LogP contribution in [0.4, 0.5) is 11.6 Å². The molecule has 0 aromatic carbocycles. The summed E-state index contributed by atoms with van der Waals surface area (Å²) >= 11 is 0. The van der Waals surface area contributed by atoms with Gasteiger partial charge in [0.2, 0.25) is 0 Å². The van der Waals surface area contributed by atoms with E-state index in [4.69, 9.17) is 10.5 Å². The van der Waals surface area contributed by atoms with Crippen LogP contribution < -0.4 is 11.1 Å². The monoisotopic (exact) mass is 265 g/mol. The number of hydrogen-bond acceptors (Lipinski definition) is 6. The van der Waals surface area contributed by atoms with Crippen LogP contribution in [-0.2, 0) is 11.3 Å². The second-order valence-corrected chi connectivity index (χ2v) is 4.81. The highest BCUT2D eigenvalue weighted by Crippen LogP contribution is 2.25. The molecule has 6 heteroatoms. The van der Waals surface area contributed by atoms with Gasteiger partial charge in [-0.25, -0.2) is 9.97 Å². The maximum atomic E-state index is 5.75. The van der Waals surface area contributed by atoms with Crippen molar-refractivity contribution in [2.75, 3.05) is 37.8 Å². The van der Waals surface area contributed by atoms with Gasteiger partial charge in [-0.05, 0) is 19.4 Å².